The molecule has 110 valence electrons. The first-order chi connectivity index (χ1) is 9.86. The molecule has 0 spiro atoms. The fourth-order valence-corrected chi connectivity index (χ4v) is 2.73. The number of likely N-dealkylation sites (tertiary alicyclic amines) is 1. The standard InChI is InChI=1S/C15H22N2O3/c16-10-12-8-14-15(20-11-19-14)9-13(12)18-7-6-17-4-2-1-3-5-17/h8-9H,1-7,10-11,16H2. The lowest BCUT2D eigenvalue weighted by atomic mass is 10.1. The maximum Gasteiger partial charge on any atom is 0.231 e. The van der Waals surface area contributed by atoms with E-state index in [1.807, 2.05) is 12.1 Å². The van der Waals surface area contributed by atoms with Gasteiger partial charge in [-0.05, 0) is 32.0 Å². The van der Waals surface area contributed by atoms with E-state index >= 15 is 0 Å². The van der Waals surface area contributed by atoms with Crippen LogP contribution in [0.25, 0.3) is 0 Å². The smallest absolute Gasteiger partial charge is 0.231 e. The summed E-state index contributed by atoms with van der Waals surface area (Å²) in [5.74, 6) is 2.32. The van der Waals surface area contributed by atoms with Gasteiger partial charge >= 0.3 is 0 Å². The highest BCUT2D eigenvalue weighted by molar-refractivity contribution is 5.51. The van der Waals surface area contributed by atoms with Gasteiger partial charge in [0, 0.05) is 24.7 Å². The second-order valence-electron chi connectivity index (χ2n) is 5.27. The highest BCUT2D eigenvalue weighted by atomic mass is 16.7. The summed E-state index contributed by atoms with van der Waals surface area (Å²) in [6.45, 7) is 4.75. The summed E-state index contributed by atoms with van der Waals surface area (Å²) in [5.41, 5.74) is 6.74. The van der Waals surface area contributed by atoms with Crippen LogP contribution in [0, 0.1) is 0 Å². The van der Waals surface area contributed by atoms with Crippen LogP contribution in [0.15, 0.2) is 12.1 Å². The molecule has 2 N–H and O–H groups in total. The lowest BCUT2D eigenvalue weighted by Crippen LogP contribution is -2.33. The van der Waals surface area contributed by atoms with E-state index in [1.165, 1.54) is 32.4 Å². The molecule has 2 aliphatic heterocycles. The van der Waals surface area contributed by atoms with Gasteiger partial charge in [-0.15, -0.1) is 0 Å². The number of fused-ring (bicyclic) bond motifs is 1. The Labute approximate surface area is 119 Å². The second-order valence-corrected chi connectivity index (χ2v) is 5.27. The Morgan fingerprint density at radius 1 is 1.10 bits per heavy atom. The SMILES string of the molecule is NCc1cc2c(cc1OCCN1CCCCC1)OCO2. The number of benzene rings is 1. The number of nitrogens with zero attached hydrogens (tertiary/aromatic N) is 1. The Morgan fingerprint density at radius 2 is 1.85 bits per heavy atom. The van der Waals surface area contributed by atoms with E-state index in [4.69, 9.17) is 19.9 Å². The molecule has 5 nitrogen and oxygen atoms in total. The van der Waals surface area contributed by atoms with Gasteiger partial charge in [0.2, 0.25) is 6.79 Å². The maximum absolute atomic E-state index is 5.90. The average Bonchev–Trinajstić information content (AvgIpc) is 2.94. The summed E-state index contributed by atoms with van der Waals surface area (Å²) in [7, 11) is 0. The van der Waals surface area contributed by atoms with E-state index < -0.39 is 0 Å². The van der Waals surface area contributed by atoms with Crippen molar-refractivity contribution in [2.24, 2.45) is 5.73 Å². The molecule has 1 aromatic rings. The molecular weight excluding hydrogens is 256 g/mol. The van der Waals surface area contributed by atoms with Gasteiger partial charge in [0.1, 0.15) is 12.4 Å². The summed E-state index contributed by atoms with van der Waals surface area (Å²) in [6.07, 6.45) is 3.97. The van der Waals surface area contributed by atoms with Crippen molar-refractivity contribution in [2.75, 3.05) is 33.0 Å². The summed E-state index contributed by atoms with van der Waals surface area (Å²) in [6, 6.07) is 3.80. The third-order valence-electron chi connectivity index (χ3n) is 3.89. The van der Waals surface area contributed by atoms with Crippen molar-refractivity contribution in [1.82, 2.24) is 4.90 Å². The van der Waals surface area contributed by atoms with Crippen molar-refractivity contribution in [3.63, 3.8) is 0 Å². The average molecular weight is 278 g/mol. The monoisotopic (exact) mass is 278 g/mol. The first kappa shape index (κ1) is 13.5. The Bertz CT molecular complexity index is 459. The van der Waals surface area contributed by atoms with Crippen LogP contribution in [0.1, 0.15) is 24.8 Å². The van der Waals surface area contributed by atoms with Crippen LogP contribution in [0.2, 0.25) is 0 Å². The predicted molar refractivity (Wildman–Crippen MR) is 76.2 cm³/mol. The van der Waals surface area contributed by atoms with Gasteiger partial charge in [-0.25, -0.2) is 0 Å². The van der Waals surface area contributed by atoms with E-state index in [-0.39, 0.29) is 6.79 Å². The molecule has 1 saturated heterocycles. The van der Waals surface area contributed by atoms with Crippen molar-refractivity contribution < 1.29 is 14.2 Å². The molecule has 1 fully saturated rings. The van der Waals surface area contributed by atoms with Crippen LogP contribution >= 0.6 is 0 Å². The molecular formula is C15H22N2O3. The number of hydrogen-bond donors (Lipinski definition) is 1. The third-order valence-corrected chi connectivity index (χ3v) is 3.89. The summed E-state index contributed by atoms with van der Waals surface area (Å²) >= 11 is 0. The first-order valence-corrected chi connectivity index (χ1v) is 7.34. The zero-order valence-electron chi connectivity index (χ0n) is 11.8. The first-order valence-electron chi connectivity index (χ1n) is 7.34. The van der Waals surface area contributed by atoms with Crippen LogP contribution in [0.5, 0.6) is 17.2 Å². The fourth-order valence-electron chi connectivity index (χ4n) is 2.73. The van der Waals surface area contributed by atoms with Crippen LogP contribution in [-0.4, -0.2) is 37.9 Å². The lowest BCUT2D eigenvalue weighted by molar-refractivity contribution is 0.173. The zero-order valence-corrected chi connectivity index (χ0v) is 11.8. The van der Waals surface area contributed by atoms with Crippen molar-refractivity contribution in [3.8, 4) is 17.2 Å². The van der Waals surface area contributed by atoms with Gasteiger partial charge < -0.3 is 19.9 Å². The Morgan fingerprint density at radius 3 is 2.60 bits per heavy atom. The molecule has 0 amide bonds. The molecule has 0 saturated carbocycles. The zero-order chi connectivity index (χ0) is 13.8. The Balaban J connectivity index is 1.58. The minimum absolute atomic E-state index is 0.274. The molecule has 0 unspecified atom stereocenters. The fraction of sp³-hybridized carbons (Fsp3) is 0.600. The van der Waals surface area contributed by atoms with Crippen molar-refractivity contribution in [3.05, 3.63) is 17.7 Å². The minimum atomic E-state index is 0.274. The molecule has 0 atom stereocenters. The van der Waals surface area contributed by atoms with Crippen LogP contribution in [0.4, 0.5) is 0 Å². The van der Waals surface area contributed by atoms with Crippen LogP contribution < -0.4 is 19.9 Å². The minimum Gasteiger partial charge on any atom is -0.492 e. The number of hydrogen-bond acceptors (Lipinski definition) is 5. The second kappa shape index (κ2) is 6.33. The topological polar surface area (TPSA) is 57.0 Å². The quantitative estimate of drug-likeness (QED) is 0.889. The van der Waals surface area contributed by atoms with E-state index in [0.717, 1.165) is 29.4 Å². The van der Waals surface area contributed by atoms with E-state index in [1.54, 1.807) is 0 Å². The van der Waals surface area contributed by atoms with Crippen LogP contribution in [0.3, 0.4) is 0 Å². The Hall–Kier alpha value is -1.46. The molecule has 2 heterocycles. The normalized spacial score (nSPS) is 18.2. The molecule has 3 rings (SSSR count). The van der Waals surface area contributed by atoms with Gasteiger partial charge in [0.25, 0.3) is 0 Å². The summed E-state index contributed by atoms with van der Waals surface area (Å²) in [5, 5.41) is 0. The van der Waals surface area contributed by atoms with Gasteiger partial charge in [0.15, 0.2) is 11.5 Å². The predicted octanol–water partition coefficient (Wildman–Crippen LogP) is 1.74. The van der Waals surface area contributed by atoms with Gasteiger partial charge in [-0.2, -0.15) is 0 Å². The van der Waals surface area contributed by atoms with Crippen molar-refractivity contribution in [2.45, 2.75) is 25.8 Å². The number of nitrogens with two attached hydrogens (primary N) is 1. The van der Waals surface area contributed by atoms with E-state index in [0.29, 0.717) is 13.2 Å². The molecule has 0 aromatic heterocycles. The third kappa shape index (κ3) is 2.99. The Kier molecular flexibility index (Phi) is 4.28. The summed E-state index contributed by atoms with van der Waals surface area (Å²) in [4.78, 5) is 2.46. The molecule has 0 aliphatic carbocycles. The largest absolute Gasteiger partial charge is 0.492 e. The highest BCUT2D eigenvalue weighted by Gasteiger charge is 2.18. The van der Waals surface area contributed by atoms with Gasteiger partial charge in [0.05, 0.1) is 0 Å². The number of ether oxygens (including phenoxy) is 3. The molecule has 20 heavy (non-hydrogen) atoms. The summed E-state index contributed by atoms with van der Waals surface area (Å²) < 4.78 is 16.6. The number of piperidine rings is 1. The van der Waals surface area contributed by atoms with Crippen molar-refractivity contribution in [1.29, 1.82) is 0 Å². The van der Waals surface area contributed by atoms with Gasteiger partial charge in [-0.1, -0.05) is 6.42 Å². The highest BCUT2D eigenvalue weighted by Crippen LogP contribution is 2.38. The molecule has 0 radical (unpaired) electrons. The van der Waals surface area contributed by atoms with Crippen LogP contribution in [-0.2, 0) is 6.54 Å². The van der Waals surface area contributed by atoms with E-state index in [2.05, 4.69) is 4.90 Å². The molecule has 0 bridgehead atoms. The van der Waals surface area contributed by atoms with Gasteiger partial charge in [-0.3, -0.25) is 4.90 Å². The molecule has 2 aliphatic rings. The molecule has 1 aromatic carbocycles. The molecule has 5 heteroatoms. The number of rotatable bonds is 5. The lowest BCUT2D eigenvalue weighted by Gasteiger charge is -2.26. The maximum atomic E-state index is 5.90. The van der Waals surface area contributed by atoms with E-state index in [9.17, 15) is 0 Å². The van der Waals surface area contributed by atoms with Crippen molar-refractivity contribution >= 4 is 0 Å².